The fourth-order valence-electron chi connectivity index (χ4n) is 2.95. The first-order valence-electron chi connectivity index (χ1n) is 9.56. The van der Waals surface area contributed by atoms with Crippen LogP contribution in [0.1, 0.15) is 20.8 Å². The van der Waals surface area contributed by atoms with Gasteiger partial charge >= 0.3 is 36.0 Å². The summed E-state index contributed by atoms with van der Waals surface area (Å²) in [5.74, 6) is -6.78. The van der Waals surface area contributed by atoms with Gasteiger partial charge in [0.15, 0.2) is 18.3 Å². The SMILES string of the molecule is COC(=O)C1=C[C@@H](OC)[C@@H](NC(=O)C(F)(F)F)[C@H]([C@H](OC(C)=O)[C@@H](COC(C)=O)OC(C)=O)O1. The lowest BCUT2D eigenvalue weighted by atomic mass is 9.93. The maximum Gasteiger partial charge on any atom is 0.471 e. The second-order valence-corrected chi connectivity index (χ2v) is 6.83. The van der Waals surface area contributed by atoms with Crippen molar-refractivity contribution >= 4 is 29.8 Å². The molecule has 0 bridgehead atoms. The minimum absolute atomic E-state index is 0.553. The van der Waals surface area contributed by atoms with E-state index >= 15 is 0 Å². The molecule has 1 rings (SSSR count). The summed E-state index contributed by atoms with van der Waals surface area (Å²) in [6.45, 7) is 2.21. The molecule has 192 valence electrons. The van der Waals surface area contributed by atoms with Crippen molar-refractivity contribution < 1.29 is 65.6 Å². The highest BCUT2D eigenvalue weighted by atomic mass is 19.4. The molecule has 0 aliphatic carbocycles. The van der Waals surface area contributed by atoms with Gasteiger partial charge in [0.25, 0.3) is 0 Å². The predicted molar refractivity (Wildman–Crippen MR) is 101 cm³/mol. The number of methoxy groups -OCH3 is 2. The van der Waals surface area contributed by atoms with E-state index in [1.165, 1.54) is 0 Å². The zero-order valence-corrected chi connectivity index (χ0v) is 18.8. The Balaban J connectivity index is 3.59. The molecule has 0 saturated carbocycles. The van der Waals surface area contributed by atoms with Crippen molar-refractivity contribution in [2.75, 3.05) is 20.8 Å². The van der Waals surface area contributed by atoms with Gasteiger partial charge in [-0.05, 0) is 6.08 Å². The molecule has 1 heterocycles. The normalized spacial score (nSPS) is 21.6. The van der Waals surface area contributed by atoms with Crippen LogP contribution in [0.2, 0.25) is 0 Å². The average Bonchev–Trinajstić information content (AvgIpc) is 2.73. The molecule has 0 saturated heterocycles. The van der Waals surface area contributed by atoms with Gasteiger partial charge in [-0.2, -0.15) is 13.2 Å². The van der Waals surface area contributed by atoms with Gasteiger partial charge in [-0.1, -0.05) is 0 Å². The highest BCUT2D eigenvalue weighted by molar-refractivity contribution is 5.87. The van der Waals surface area contributed by atoms with Gasteiger partial charge in [-0.25, -0.2) is 4.79 Å². The van der Waals surface area contributed by atoms with Crippen molar-refractivity contribution in [3.8, 4) is 0 Å². The fraction of sp³-hybridized carbons (Fsp3) is 0.632. The van der Waals surface area contributed by atoms with Gasteiger partial charge in [0.1, 0.15) is 12.7 Å². The Bertz CT molecular complexity index is 827. The number of carbonyl (C=O) groups is 5. The molecule has 15 heteroatoms. The number of hydrogen-bond donors (Lipinski definition) is 1. The molecule has 0 unspecified atom stereocenters. The molecule has 0 radical (unpaired) electrons. The molecule has 5 atom stereocenters. The molecule has 1 aliphatic rings. The van der Waals surface area contributed by atoms with Crippen molar-refractivity contribution in [2.24, 2.45) is 0 Å². The van der Waals surface area contributed by atoms with E-state index in [-0.39, 0.29) is 0 Å². The smallest absolute Gasteiger partial charge is 0.471 e. The van der Waals surface area contributed by atoms with E-state index in [0.29, 0.717) is 0 Å². The Morgan fingerprint density at radius 2 is 1.62 bits per heavy atom. The Kier molecular flexibility index (Phi) is 10.3. The van der Waals surface area contributed by atoms with Gasteiger partial charge in [0.2, 0.25) is 5.76 Å². The number of esters is 4. The maximum absolute atomic E-state index is 13.0. The average molecular weight is 499 g/mol. The maximum atomic E-state index is 13.0. The number of nitrogens with one attached hydrogen (secondary N) is 1. The summed E-state index contributed by atoms with van der Waals surface area (Å²) in [4.78, 5) is 58.5. The van der Waals surface area contributed by atoms with E-state index in [1.807, 2.05) is 0 Å². The molecule has 1 N–H and O–H groups in total. The molecule has 34 heavy (non-hydrogen) atoms. The summed E-state index contributed by atoms with van der Waals surface area (Å²) in [6, 6.07) is -1.73. The number of alkyl halides is 3. The third-order valence-corrected chi connectivity index (χ3v) is 4.26. The Hall–Kier alpha value is -3.36. The Morgan fingerprint density at radius 3 is 2.06 bits per heavy atom. The highest BCUT2D eigenvalue weighted by Gasteiger charge is 2.51. The molecule has 0 fully saturated rings. The van der Waals surface area contributed by atoms with Crippen LogP contribution in [-0.4, -0.2) is 87.2 Å². The number of ether oxygens (including phenoxy) is 6. The quantitative estimate of drug-likeness (QED) is 0.335. The van der Waals surface area contributed by atoms with E-state index in [0.717, 1.165) is 41.1 Å². The predicted octanol–water partition coefficient (Wildman–Crippen LogP) is -0.0693. The van der Waals surface area contributed by atoms with Gasteiger partial charge in [0, 0.05) is 27.9 Å². The molecule has 0 spiro atoms. The van der Waals surface area contributed by atoms with Crippen LogP contribution in [0.25, 0.3) is 0 Å². The molecular formula is C19H24F3NO11. The molecule has 0 aromatic heterocycles. The van der Waals surface area contributed by atoms with Gasteiger partial charge in [-0.15, -0.1) is 0 Å². The molecular weight excluding hydrogens is 475 g/mol. The summed E-state index contributed by atoms with van der Waals surface area (Å²) >= 11 is 0. The summed E-state index contributed by atoms with van der Waals surface area (Å²) < 4.78 is 69.0. The Labute approximate surface area is 191 Å². The van der Waals surface area contributed by atoms with E-state index in [4.69, 9.17) is 23.7 Å². The van der Waals surface area contributed by atoms with Crippen molar-refractivity contribution in [2.45, 2.75) is 57.4 Å². The number of rotatable bonds is 9. The molecule has 1 amide bonds. The van der Waals surface area contributed by atoms with E-state index < -0.39 is 78.8 Å². The Morgan fingerprint density at radius 1 is 1.03 bits per heavy atom. The summed E-state index contributed by atoms with van der Waals surface area (Å²) in [7, 11) is 2.06. The zero-order chi connectivity index (χ0) is 26.2. The monoisotopic (exact) mass is 499 g/mol. The number of carbonyl (C=O) groups excluding carboxylic acids is 5. The minimum atomic E-state index is -5.32. The number of hydrogen-bond acceptors (Lipinski definition) is 11. The lowest BCUT2D eigenvalue weighted by Gasteiger charge is -2.41. The lowest BCUT2D eigenvalue weighted by Crippen LogP contribution is -2.63. The van der Waals surface area contributed by atoms with E-state index in [9.17, 15) is 37.1 Å². The first-order valence-corrected chi connectivity index (χ1v) is 9.56. The molecule has 12 nitrogen and oxygen atoms in total. The van der Waals surface area contributed by atoms with Crippen LogP contribution in [-0.2, 0) is 52.4 Å². The van der Waals surface area contributed by atoms with Crippen molar-refractivity contribution in [3.05, 3.63) is 11.8 Å². The van der Waals surface area contributed by atoms with Crippen molar-refractivity contribution in [3.63, 3.8) is 0 Å². The minimum Gasteiger partial charge on any atom is -0.477 e. The summed E-state index contributed by atoms with van der Waals surface area (Å²) in [5.41, 5.74) is 0. The van der Waals surface area contributed by atoms with Crippen LogP contribution in [0, 0.1) is 0 Å². The first-order chi connectivity index (χ1) is 15.7. The summed E-state index contributed by atoms with van der Waals surface area (Å²) in [6.07, 6.45) is -11.0. The third kappa shape index (κ3) is 8.20. The van der Waals surface area contributed by atoms with Crippen LogP contribution < -0.4 is 5.32 Å². The van der Waals surface area contributed by atoms with Crippen LogP contribution in [0.15, 0.2) is 11.8 Å². The van der Waals surface area contributed by atoms with Crippen LogP contribution in [0.3, 0.4) is 0 Å². The molecule has 0 aromatic rings. The first kappa shape index (κ1) is 28.7. The second-order valence-electron chi connectivity index (χ2n) is 6.83. The van der Waals surface area contributed by atoms with Gasteiger partial charge in [-0.3, -0.25) is 19.2 Å². The standard InChI is InChI=1S/C19H24F3NO11/c1-8(24)31-7-13(32-9(2)25)15(33-10(3)26)16-14(23-18(28)19(20,21)22)11(29-4)6-12(34-16)17(27)30-5/h6,11,13-16H,7H2,1-5H3,(H,23,28)/t11-,13-,14-,15-,16-/m1/s1. The highest BCUT2D eigenvalue weighted by Crippen LogP contribution is 2.29. The second kappa shape index (κ2) is 12.2. The third-order valence-electron chi connectivity index (χ3n) is 4.26. The van der Waals surface area contributed by atoms with Crippen LogP contribution >= 0.6 is 0 Å². The van der Waals surface area contributed by atoms with Crippen molar-refractivity contribution in [1.29, 1.82) is 0 Å². The van der Waals surface area contributed by atoms with Crippen LogP contribution in [0.4, 0.5) is 13.2 Å². The van der Waals surface area contributed by atoms with Crippen LogP contribution in [0.5, 0.6) is 0 Å². The number of halogens is 3. The summed E-state index contributed by atoms with van der Waals surface area (Å²) in [5, 5.41) is 1.66. The zero-order valence-electron chi connectivity index (χ0n) is 18.8. The number of amides is 1. The van der Waals surface area contributed by atoms with Gasteiger partial charge in [0.05, 0.1) is 13.2 Å². The van der Waals surface area contributed by atoms with Gasteiger partial charge < -0.3 is 33.7 Å². The lowest BCUT2D eigenvalue weighted by molar-refractivity contribution is -0.194. The topological polar surface area (TPSA) is 153 Å². The van der Waals surface area contributed by atoms with E-state index in [1.54, 1.807) is 5.32 Å². The molecule has 0 aromatic carbocycles. The van der Waals surface area contributed by atoms with Crippen molar-refractivity contribution in [1.82, 2.24) is 5.32 Å². The fourth-order valence-corrected chi connectivity index (χ4v) is 2.95. The largest absolute Gasteiger partial charge is 0.477 e. The molecule has 1 aliphatic heterocycles. The van der Waals surface area contributed by atoms with E-state index in [2.05, 4.69) is 4.74 Å².